The van der Waals surface area contributed by atoms with Crippen LogP contribution in [0.15, 0.2) is 53.4 Å². The van der Waals surface area contributed by atoms with Crippen LogP contribution >= 0.6 is 11.8 Å². The lowest BCUT2D eigenvalue weighted by atomic mass is 9.98. The zero-order valence-electron chi connectivity index (χ0n) is 15.8. The van der Waals surface area contributed by atoms with E-state index in [4.69, 9.17) is 4.74 Å². The number of methoxy groups -OCH3 is 1. The number of aliphatic carboxylic acids is 1. The molecule has 0 saturated carbocycles. The molecule has 0 aliphatic rings. The van der Waals surface area contributed by atoms with Gasteiger partial charge in [0, 0.05) is 10.8 Å². The number of carbonyl (C=O) groups excluding carboxylic acids is 1. The van der Waals surface area contributed by atoms with Crippen LogP contribution in [0.1, 0.15) is 30.5 Å². The number of ether oxygens (including phenoxy) is 1. The van der Waals surface area contributed by atoms with Crippen molar-refractivity contribution in [2.45, 2.75) is 30.7 Å². The number of carboxylic acid groups (broad SMARTS) is 1. The number of benzene rings is 2. The lowest BCUT2D eigenvalue weighted by molar-refractivity contribution is -0.137. The van der Waals surface area contributed by atoms with Gasteiger partial charge >= 0.3 is 5.97 Å². The largest absolute Gasteiger partial charge is 0.497 e. The summed E-state index contributed by atoms with van der Waals surface area (Å²) in [5.41, 5.74) is 1.82. The molecule has 6 heteroatoms. The highest BCUT2D eigenvalue weighted by atomic mass is 32.2. The van der Waals surface area contributed by atoms with E-state index in [-0.39, 0.29) is 18.2 Å². The van der Waals surface area contributed by atoms with Gasteiger partial charge in [0.15, 0.2) is 0 Å². The fraction of sp³-hybridized carbons (Fsp3) is 0.333. The fourth-order valence-electron chi connectivity index (χ4n) is 2.78. The van der Waals surface area contributed by atoms with E-state index in [1.165, 1.54) is 0 Å². The molecular formula is C21H25NO4S. The molecule has 0 bridgehead atoms. The number of hydrogen-bond donors (Lipinski definition) is 2. The van der Waals surface area contributed by atoms with Gasteiger partial charge in [0.05, 0.1) is 19.6 Å². The van der Waals surface area contributed by atoms with E-state index >= 15 is 0 Å². The van der Waals surface area contributed by atoms with Gasteiger partial charge in [0.2, 0.25) is 5.91 Å². The van der Waals surface area contributed by atoms with E-state index in [1.54, 1.807) is 18.9 Å². The molecule has 0 aliphatic heterocycles. The summed E-state index contributed by atoms with van der Waals surface area (Å²) in [6.07, 6.45) is 2.40. The molecule has 0 heterocycles. The summed E-state index contributed by atoms with van der Waals surface area (Å²) in [6, 6.07) is 14.6. The summed E-state index contributed by atoms with van der Waals surface area (Å²) in [6.45, 7) is 1.84. The second-order valence-electron chi connectivity index (χ2n) is 6.39. The van der Waals surface area contributed by atoms with Crippen molar-refractivity contribution in [2.24, 2.45) is 5.92 Å². The van der Waals surface area contributed by atoms with Gasteiger partial charge in [0.1, 0.15) is 5.75 Å². The highest BCUT2D eigenvalue weighted by Gasteiger charge is 2.21. The van der Waals surface area contributed by atoms with E-state index in [0.717, 1.165) is 21.8 Å². The molecule has 0 radical (unpaired) electrons. The van der Waals surface area contributed by atoms with Crippen molar-refractivity contribution in [1.29, 1.82) is 0 Å². The van der Waals surface area contributed by atoms with Crippen LogP contribution < -0.4 is 10.1 Å². The van der Waals surface area contributed by atoms with Crippen LogP contribution in [0, 0.1) is 5.92 Å². The molecule has 27 heavy (non-hydrogen) atoms. The predicted octanol–water partition coefficient (Wildman–Crippen LogP) is 3.93. The Balaban J connectivity index is 2.05. The Hall–Kier alpha value is -2.47. The number of amides is 1. The summed E-state index contributed by atoms with van der Waals surface area (Å²) < 4.78 is 5.14. The average Bonchev–Trinajstić information content (AvgIpc) is 2.67. The number of carboxylic acids is 1. The maximum atomic E-state index is 12.6. The van der Waals surface area contributed by atoms with E-state index in [9.17, 15) is 14.7 Å². The molecule has 2 unspecified atom stereocenters. The molecule has 5 nitrogen and oxygen atoms in total. The van der Waals surface area contributed by atoms with Gasteiger partial charge in [-0.1, -0.05) is 31.2 Å². The summed E-state index contributed by atoms with van der Waals surface area (Å²) in [4.78, 5) is 25.0. The smallest absolute Gasteiger partial charge is 0.305 e. The molecule has 144 valence electrons. The number of thioether (sulfide) groups is 1. The summed E-state index contributed by atoms with van der Waals surface area (Å²) in [5.74, 6) is -0.616. The van der Waals surface area contributed by atoms with Gasteiger partial charge in [-0.05, 0) is 48.1 Å². The lowest BCUT2D eigenvalue weighted by Crippen LogP contribution is -2.34. The normalized spacial score (nSPS) is 12.9. The summed E-state index contributed by atoms with van der Waals surface area (Å²) in [5, 5.41) is 12.1. The highest BCUT2D eigenvalue weighted by molar-refractivity contribution is 7.98. The zero-order valence-corrected chi connectivity index (χ0v) is 16.6. The number of nitrogens with one attached hydrogen (secondary N) is 1. The molecule has 0 aromatic heterocycles. The molecule has 2 rings (SSSR count). The van der Waals surface area contributed by atoms with Crippen LogP contribution in [-0.2, 0) is 16.0 Å². The van der Waals surface area contributed by atoms with Crippen LogP contribution in [-0.4, -0.2) is 30.3 Å². The predicted molar refractivity (Wildman–Crippen MR) is 107 cm³/mol. The van der Waals surface area contributed by atoms with Crippen molar-refractivity contribution < 1.29 is 19.4 Å². The Bertz CT molecular complexity index is 759. The minimum atomic E-state index is -0.947. The van der Waals surface area contributed by atoms with Crippen molar-refractivity contribution in [3.8, 4) is 5.75 Å². The van der Waals surface area contributed by atoms with Crippen LogP contribution in [0.2, 0.25) is 0 Å². The van der Waals surface area contributed by atoms with Crippen LogP contribution in [0.25, 0.3) is 0 Å². The Morgan fingerprint density at radius 3 is 2.26 bits per heavy atom. The Kier molecular flexibility index (Phi) is 7.73. The minimum absolute atomic E-state index is 0.153. The van der Waals surface area contributed by atoms with Crippen molar-refractivity contribution in [1.82, 2.24) is 5.32 Å². The van der Waals surface area contributed by atoms with Crippen molar-refractivity contribution in [3.63, 3.8) is 0 Å². The molecule has 2 N–H and O–H groups in total. The fourth-order valence-corrected chi connectivity index (χ4v) is 3.19. The lowest BCUT2D eigenvalue weighted by Gasteiger charge is -2.20. The molecule has 2 aromatic carbocycles. The van der Waals surface area contributed by atoms with E-state index in [2.05, 4.69) is 5.32 Å². The third-order valence-electron chi connectivity index (χ3n) is 4.36. The summed E-state index contributed by atoms with van der Waals surface area (Å²) in [7, 11) is 1.61. The number of rotatable bonds is 9. The maximum absolute atomic E-state index is 12.6. The molecule has 0 spiro atoms. The molecule has 0 fully saturated rings. The molecule has 1 amide bonds. The van der Waals surface area contributed by atoms with Gasteiger partial charge in [-0.3, -0.25) is 9.59 Å². The topological polar surface area (TPSA) is 75.6 Å². The standard InChI is InChI=1S/C21H25NO4S/c1-14(12-15-4-8-17(26-2)9-5-15)21(25)22-19(13-20(23)24)16-6-10-18(27-3)11-7-16/h4-11,14,19H,12-13H2,1-3H3,(H,22,25)(H,23,24). The van der Waals surface area contributed by atoms with Crippen molar-refractivity contribution in [3.05, 3.63) is 59.7 Å². The van der Waals surface area contributed by atoms with Gasteiger partial charge in [-0.2, -0.15) is 0 Å². The average molecular weight is 388 g/mol. The van der Waals surface area contributed by atoms with Crippen LogP contribution in [0.4, 0.5) is 0 Å². The molecule has 0 aliphatic carbocycles. The van der Waals surface area contributed by atoms with Crippen LogP contribution in [0.3, 0.4) is 0 Å². The first kappa shape index (κ1) is 20.8. The first-order valence-corrected chi connectivity index (χ1v) is 9.94. The summed E-state index contributed by atoms with van der Waals surface area (Å²) >= 11 is 1.61. The zero-order chi connectivity index (χ0) is 19.8. The monoisotopic (exact) mass is 387 g/mol. The third kappa shape index (κ3) is 6.32. The Labute approximate surface area is 164 Å². The SMILES string of the molecule is COc1ccc(CC(C)C(=O)NC(CC(=O)O)c2ccc(SC)cc2)cc1. The van der Waals surface area contributed by atoms with E-state index < -0.39 is 12.0 Å². The van der Waals surface area contributed by atoms with Crippen molar-refractivity contribution >= 4 is 23.6 Å². The van der Waals surface area contributed by atoms with Gasteiger partial charge in [0.25, 0.3) is 0 Å². The van der Waals surface area contributed by atoms with E-state index in [1.807, 2.05) is 61.7 Å². The van der Waals surface area contributed by atoms with Gasteiger partial charge in [-0.25, -0.2) is 0 Å². The molecule has 2 aromatic rings. The van der Waals surface area contributed by atoms with Crippen molar-refractivity contribution in [2.75, 3.05) is 13.4 Å². The van der Waals surface area contributed by atoms with E-state index in [0.29, 0.717) is 6.42 Å². The second-order valence-corrected chi connectivity index (χ2v) is 7.27. The highest BCUT2D eigenvalue weighted by Crippen LogP contribution is 2.22. The third-order valence-corrected chi connectivity index (χ3v) is 5.11. The van der Waals surface area contributed by atoms with Gasteiger partial charge < -0.3 is 15.2 Å². The first-order chi connectivity index (χ1) is 12.9. The quantitative estimate of drug-likeness (QED) is 0.638. The molecule has 0 saturated heterocycles. The van der Waals surface area contributed by atoms with Crippen LogP contribution in [0.5, 0.6) is 5.75 Å². The molecular weight excluding hydrogens is 362 g/mol. The second kappa shape index (κ2) is 10.0. The number of carbonyl (C=O) groups is 2. The minimum Gasteiger partial charge on any atom is -0.497 e. The maximum Gasteiger partial charge on any atom is 0.305 e. The Morgan fingerprint density at radius 1 is 1.11 bits per heavy atom. The number of hydrogen-bond acceptors (Lipinski definition) is 4. The first-order valence-electron chi connectivity index (χ1n) is 8.72. The molecule has 2 atom stereocenters. The van der Waals surface area contributed by atoms with Gasteiger partial charge in [-0.15, -0.1) is 11.8 Å². The Morgan fingerprint density at radius 2 is 1.74 bits per heavy atom.